The molecular formula is C13H15N3O7. The Kier molecular flexibility index (Phi) is 5.00. The second-order valence-electron chi connectivity index (χ2n) is 5.86. The Bertz CT molecular complexity index is 646. The fourth-order valence-corrected chi connectivity index (χ4v) is 1.80. The Hall–Kier alpha value is -3.04. The molecule has 0 aliphatic carbocycles. The summed E-state index contributed by atoms with van der Waals surface area (Å²) in [4.78, 5) is 43.2. The number of carboxylic acid groups (broad SMARTS) is 1. The number of nitrogens with zero attached hydrogens (tertiary/aromatic N) is 2. The van der Waals surface area contributed by atoms with Gasteiger partial charge in [0.15, 0.2) is 0 Å². The molecule has 1 atom stereocenters. The summed E-state index contributed by atoms with van der Waals surface area (Å²) in [6, 6.07) is 1.15. The number of hydrogen-bond acceptors (Lipinski definition) is 6. The second kappa shape index (κ2) is 6.38. The average Bonchev–Trinajstić information content (AvgIpc) is 2.42. The molecule has 10 nitrogen and oxygen atoms in total. The Morgan fingerprint density at radius 3 is 1.83 bits per heavy atom. The quantitative estimate of drug-likeness (QED) is 0.617. The third-order valence-electron chi connectivity index (χ3n) is 2.97. The average molecular weight is 325 g/mol. The summed E-state index contributed by atoms with van der Waals surface area (Å²) in [7, 11) is 0. The van der Waals surface area contributed by atoms with Crippen LogP contribution in [0.25, 0.3) is 0 Å². The number of carbonyl (C=O) groups is 2. The van der Waals surface area contributed by atoms with Crippen LogP contribution in [0, 0.1) is 25.6 Å². The molecule has 1 rings (SSSR count). The lowest BCUT2D eigenvalue weighted by Gasteiger charge is -2.27. The SMILES string of the molecule is CC(C)(C)[C@@H](NC(=O)c1cc([N+](=O)[O-])cc([N+](=O)[O-])c1)C(=O)O. The van der Waals surface area contributed by atoms with Gasteiger partial charge in [-0.05, 0) is 5.41 Å². The number of nitro groups is 2. The molecule has 0 saturated carbocycles. The maximum Gasteiger partial charge on any atom is 0.326 e. The first kappa shape index (κ1) is 18.0. The first-order valence-corrected chi connectivity index (χ1v) is 6.41. The molecular weight excluding hydrogens is 310 g/mol. The standard InChI is InChI=1S/C13H15N3O7/c1-13(2,3)10(12(18)19)14-11(17)7-4-8(15(20)21)6-9(5-7)16(22)23/h4-6,10H,1-3H3,(H,14,17)(H,18,19)/t10-/m0/s1. The molecule has 0 unspecified atom stereocenters. The molecule has 1 aromatic rings. The molecule has 23 heavy (non-hydrogen) atoms. The van der Waals surface area contributed by atoms with E-state index >= 15 is 0 Å². The van der Waals surface area contributed by atoms with Crippen molar-refractivity contribution in [2.24, 2.45) is 5.41 Å². The lowest BCUT2D eigenvalue weighted by atomic mass is 9.86. The minimum Gasteiger partial charge on any atom is -0.480 e. The van der Waals surface area contributed by atoms with E-state index in [9.17, 15) is 29.8 Å². The molecule has 0 fully saturated rings. The molecule has 0 spiro atoms. The fourth-order valence-electron chi connectivity index (χ4n) is 1.80. The summed E-state index contributed by atoms with van der Waals surface area (Å²) in [5.74, 6) is -2.23. The summed E-state index contributed by atoms with van der Waals surface area (Å²) in [6.45, 7) is 4.76. The van der Waals surface area contributed by atoms with E-state index in [4.69, 9.17) is 5.11 Å². The van der Waals surface area contributed by atoms with Crippen LogP contribution in [0.4, 0.5) is 11.4 Å². The zero-order chi connectivity index (χ0) is 17.9. The van der Waals surface area contributed by atoms with Crippen LogP contribution in [0.2, 0.25) is 0 Å². The van der Waals surface area contributed by atoms with Crippen molar-refractivity contribution in [3.05, 3.63) is 44.0 Å². The summed E-state index contributed by atoms with van der Waals surface area (Å²) in [5, 5.41) is 33.0. The second-order valence-corrected chi connectivity index (χ2v) is 5.86. The van der Waals surface area contributed by atoms with Gasteiger partial charge in [-0.3, -0.25) is 25.0 Å². The number of benzene rings is 1. The minimum atomic E-state index is -1.29. The fraction of sp³-hybridized carbons (Fsp3) is 0.385. The van der Waals surface area contributed by atoms with Gasteiger partial charge in [0.2, 0.25) is 0 Å². The number of non-ortho nitro benzene ring substituents is 2. The number of carboxylic acids is 1. The zero-order valence-electron chi connectivity index (χ0n) is 12.6. The van der Waals surface area contributed by atoms with Crippen molar-refractivity contribution in [3.8, 4) is 0 Å². The van der Waals surface area contributed by atoms with Crippen LogP contribution in [-0.4, -0.2) is 32.9 Å². The highest BCUT2D eigenvalue weighted by molar-refractivity contribution is 5.97. The van der Waals surface area contributed by atoms with Gasteiger partial charge in [-0.1, -0.05) is 20.8 Å². The van der Waals surface area contributed by atoms with E-state index < -0.39 is 44.6 Å². The first-order valence-electron chi connectivity index (χ1n) is 6.41. The highest BCUT2D eigenvalue weighted by Gasteiger charge is 2.33. The number of amides is 1. The molecule has 10 heteroatoms. The maximum absolute atomic E-state index is 12.1. The van der Waals surface area contributed by atoms with E-state index in [-0.39, 0.29) is 5.56 Å². The number of carbonyl (C=O) groups excluding carboxylic acids is 1. The van der Waals surface area contributed by atoms with Crippen molar-refractivity contribution in [1.82, 2.24) is 5.32 Å². The predicted octanol–water partition coefficient (Wildman–Crippen LogP) is 1.73. The third kappa shape index (κ3) is 4.46. The molecule has 0 aliphatic heterocycles. The summed E-state index contributed by atoms with van der Waals surface area (Å²) >= 11 is 0. The van der Waals surface area contributed by atoms with E-state index in [1.54, 1.807) is 20.8 Å². The van der Waals surface area contributed by atoms with Crippen LogP contribution >= 0.6 is 0 Å². The van der Waals surface area contributed by atoms with Crippen LogP contribution < -0.4 is 5.32 Å². The maximum atomic E-state index is 12.1. The van der Waals surface area contributed by atoms with Crippen molar-refractivity contribution in [1.29, 1.82) is 0 Å². The van der Waals surface area contributed by atoms with Crippen LogP contribution in [0.5, 0.6) is 0 Å². The van der Waals surface area contributed by atoms with Gasteiger partial charge in [0.05, 0.1) is 21.5 Å². The van der Waals surface area contributed by atoms with Crippen LogP contribution in [0.1, 0.15) is 31.1 Å². The number of hydrogen-bond donors (Lipinski definition) is 2. The van der Waals surface area contributed by atoms with E-state index in [0.29, 0.717) is 0 Å². The van der Waals surface area contributed by atoms with E-state index in [1.165, 1.54) is 0 Å². The Morgan fingerprint density at radius 2 is 1.52 bits per heavy atom. The van der Waals surface area contributed by atoms with Gasteiger partial charge < -0.3 is 10.4 Å². The predicted molar refractivity (Wildman–Crippen MR) is 78.1 cm³/mol. The molecule has 0 bridgehead atoms. The third-order valence-corrected chi connectivity index (χ3v) is 2.97. The molecule has 0 aliphatic rings. The largest absolute Gasteiger partial charge is 0.480 e. The number of nitro benzene ring substituents is 2. The van der Waals surface area contributed by atoms with Crippen molar-refractivity contribution in [2.45, 2.75) is 26.8 Å². The summed E-state index contributed by atoms with van der Waals surface area (Å²) < 4.78 is 0. The highest BCUT2D eigenvalue weighted by Crippen LogP contribution is 2.24. The highest BCUT2D eigenvalue weighted by atomic mass is 16.6. The molecule has 0 saturated heterocycles. The zero-order valence-corrected chi connectivity index (χ0v) is 12.6. The monoisotopic (exact) mass is 325 g/mol. The molecule has 0 aromatic heterocycles. The van der Waals surface area contributed by atoms with Crippen LogP contribution in [-0.2, 0) is 4.79 Å². The van der Waals surface area contributed by atoms with Crippen molar-refractivity contribution in [2.75, 3.05) is 0 Å². The van der Waals surface area contributed by atoms with E-state index in [0.717, 1.165) is 18.2 Å². The van der Waals surface area contributed by atoms with Gasteiger partial charge in [-0.2, -0.15) is 0 Å². The topological polar surface area (TPSA) is 153 Å². The molecule has 0 heterocycles. The van der Waals surface area contributed by atoms with Gasteiger partial charge in [0.25, 0.3) is 17.3 Å². The lowest BCUT2D eigenvalue weighted by Crippen LogP contribution is -2.49. The van der Waals surface area contributed by atoms with E-state index in [1.807, 2.05) is 0 Å². The van der Waals surface area contributed by atoms with E-state index in [2.05, 4.69) is 5.32 Å². The van der Waals surface area contributed by atoms with Gasteiger partial charge in [0.1, 0.15) is 6.04 Å². The van der Waals surface area contributed by atoms with Gasteiger partial charge in [-0.15, -0.1) is 0 Å². The molecule has 0 radical (unpaired) electrons. The normalized spacial score (nSPS) is 12.3. The Morgan fingerprint density at radius 1 is 1.09 bits per heavy atom. The smallest absolute Gasteiger partial charge is 0.326 e. The van der Waals surface area contributed by atoms with Gasteiger partial charge in [0, 0.05) is 12.1 Å². The Labute approximate surface area is 130 Å². The van der Waals surface area contributed by atoms with Gasteiger partial charge in [-0.25, -0.2) is 4.79 Å². The molecule has 2 N–H and O–H groups in total. The number of rotatable bonds is 5. The lowest BCUT2D eigenvalue weighted by molar-refractivity contribution is -0.394. The number of aliphatic carboxylic acids is 1. The molecule has 1 aromatic carbocycles. The van der Waals surface area contributed by atoms with Crippen LogP contribution in [0.15, 0.2) is 18.2 Å². The first-order chi connectivity index (χ1) is 10.4. The van der Waals surface area contributed by atoms with Crippen molar-refractivity contribution >= 4 is 23.3 Å². The van der Waals surface area contributed by atoms with Crippen molar-refractivity contribution < 1.29 is 24.5 Å². The summed E-state index contributed by atoms with van der Waals surface area (Å²) in [6.07, 6.45) is 0. The number of nitrogens with one attached hydrogen (secondary N) is 1. The molecule has 1 amide bonds. The van der Waals surface area contributed by atoms with Crippen LogP contribution in [0.3, 0.4) is 0 Å². The van der Waals surface area contributed by atoms with Gasteiger partial charge >= 0.3 is 5.97 Å². The minimum absolute atomic E-state index is 0.360. The van der Waals surface area contributed by atoms with Crippen molar-refractivity contribution in [3.63, 3.8) is 0 Å². The summed E-state index contributed by atoms with van der Waals surface area (Å²) in [5.41, 5.74) is -2.45. The Balaban J connectivity index is 3.24. The molecule has 124 valence electrons.